The summed E-state index contributed by atoms with van der Waals surface area (Å²) >= 11 is 0. The maximum absolute atomic E-state index is 10.8. The molecule has 0 aliphatic carbocycles. The smallest absolute Gasteiger partial charge is 0.143 e. The lowest BCUT2D eigenvalue weighted by Crippen LogP contribution is -2.17. The third kappa shape index (κ3) is 13.8. The number of unbranched alkanes of at least 4 members (excludes halogenated alkanes) is 15. The van der Waals surface area contributed by atoms with Crippen LogP contribution in [0.25, 0.3) is 0 Å². The van der Waals surface area contributed by atoms with Crippen molar-refractivity contribution in [3.63, 3.8) is 0 Å². The van der Waals surface area contributed by atoms with Gasteiger partial charge in [-0.2, -0.15) is 5.48 Å². The first-order valence-electron chi connectivity index (χ1n) is 12.4. The van der Waals surface area contributed by atoms with Gasteiger partial charge in [0.2, 0.25) is 0 Å². The monoisotopic (exact) mass is 419 g/mol. The van der Waals surface area contributed by atoms with Gasteiger partial charge in [0, 0.05) is 0 Å². The molecule has 30 heavy (non-hydrogen) atoms. The summed E-state index contributed by atoms with van der Waals surface area (Å²) < 4.78 is 5.76. The van der Waals surface area contributed by atoms with Crippen LogP contribution >= 0.6 is 0 Å². The molecule has 1 rings (SSSR count). The van der Waals surface area contributed by atoms with E-state index in [4.69, 9.17) is 9.94 Å². The lowest BCUT2D eigenvalue weighted by atomic mass is 10.0. The number of aldehydes is 1. The predicted octanol–water partition coefficient (Wildman–Crippen LogP) is 7.55. The topological polar surface area (TPSA) is 58.6 Å². The van der Waals surface area contributed by atoms with Crippen LogP contribution in [-0.4, -0.2) is 18.1 Å². The van der Waals surface area contributed by atoms with Gasteiger partial charge in [0.05, 0.1) is 6.61 Å². The Morgan fingerprint density at radius 3 is 1.60 bits per heavy atom. The van der Waals surface area contributed by atoms with Crippen molar-refractivity contribution in [2.75, 3.05) is 6.61 Å². The molecule has 0 aromatic heterocycles. The van der Waals surface area contributed by atoms with Crippen LogP contribution in [0.3, 0.4) is 0 Å². The van der Waals surface area contributed by atoms with E-state index in [2.05, 4.69) is 6.92 Å². The van der Waals surface area contributed by atoms with Crippen molar-refractivity contribution in [3.05, 3.63) is 29.8 Å². The van der Waals surface area contributed by atoms with Gasteiger partial charge in [-0.05, 0) is 24.1 Å². The summed E-state index contributed by atoms with van der Waals surface area (Å²) in [4.78, 5) is 10.8. The van der Waals surface area contributed by atoms with E-state index in [1.807, 2.05) is 17.6 Å². The van der Waals surface area contributed by atoms with Crippen LogP contribution in [-0.2, 0) is 4.79 Å². The van der Waals surface area contributed by atoms with Crippen LogP contribution < -0.4 is 10.2 Å². The van der Waals surface area contributed by atoms with Gasteiger partial charge in [-0.3, -0.25) is 0 Å². The summed E-state index contributed by atoms with van der Waals surface area (Å²) in [7, 11) is 0. The Hall–Kier alpha value is -1.39. The molecule has 1 aromatic carbocycles. The molecule has 1 unspecified atom stereocenters. The van der Waals surface area contributed by atoms with Crippen LogP contribution in [0.15, 0.2) is 24.3 Å². The van der Waals surface area contributed by atoms with E-state index in [9.17, 15) is 4.79 Å². The molecule has 0 radical (unpaired) electrons. The van der Waals surface area contributed by atoms with Crippen molar-refractivity contribution in [3.8, 4) is 5.75 Å². The molecule has 1 aromatic rings. The Balaban J connectivity index is 1.85. The Bertz CT molecular complexity index is 504. The maximum Gasteiger partial charge on any atom is 0.143 e. The van der Waals surface area contributed by atoms with Crippen molar-refractivity contribution >= 4 is 6.29 Å². The Kier molecular flexibility index (Phi) is 17.4. The molecule has 0 aliphatic rings. The highest BCUT2D eigenvalue weighted by atomic mass is 16.5. The predicted molar refractivity (Wildman–Crippen MR) is 125 cm³/mol. The first-order chi connectivity index (χ1) is 14.8. The van der Waals surface area contributed by atoms with Gasteiger partial charge in [0.1, 0.15) is 18.1 Å². The zero-order valence-electron chi connectivity index (χ0n) is 19.2. The molecule has 0 saturated carbocycles. The van der Waals surface area contributed by atoms with Gasteiger partial charge in [0.25, 0.3) is 0 Å². The zero-order valence-corrected chi connectivity index (χ0v) is 19.2. The van der Waals surface area contributed by atoms with Crippen molar-refractivity contribution < 1.29 is 14.7 Å². The number of benzene rings is 1. The van der Waals surface area contributed by atoms with Gasteiger partial charge in [-0.1, -0.05) is 115 Å². The van der Waals surface area contributed by atoms with E-state index in [-0.39, 0.29) is 0 Å². The SMILES string of the molecule is CCCCCCCCCCCCCCCCCCOc1ccc(C(C=O)NO)cc1. The Labute approximate surface area is 184 Å². The zero-order chi connectivity index (χ0) is 21.7. The highest BCUT2D eigenvalue weighted by molar-refractivity contribution is 5.61. The van der Waals surface area contributed by atoms with E-state index in [0.29, 0.717) is 6.29 Å². The molecular weight excluding hydrogens is 374 g/mol. The third-order valence-corrected chi connectivity index (χ3v) is 5.78. The molecule has 0 heterocycles. The molecule has 1 atom stereocenters. The summed E-state index contributed by atoms with van der Waals surface area (Å²) in [5.74, 6) is 0.808. The van der Waals surface area contributed by atoms with E-state index >= 15 is 0 Å². The van der Waals surface area contributed by atoms with Crippen LogP contribution in [0.1, 0.15) is 121 Å². The average molecular weight is 420 g/mol. The lowest BCUT2D eigenvalue weighted by Gasteiger charge is -2.10. The van der Waals surface area contributed by atoms with Gasteiger partial charge < -0.3 is 14.7 Å². The summed E-state index contributed by atoms with van der Waals surface area (Å²) in [6.07, 6.45) is 22.6. The second-order valence-corrected chi connectivity index (χ2v) is 8.46. The summed E-state index contributed by atoms with van der Waals surface area (Å²) in [6.45, 7) is 3.01. The minimum atomic E-state index is -0.681. The minimum Gasteiger partial charge on any atom is -0.494 e. The number of hydrogen-bond acceptors (Lipinski definition) is 4. The number of hydrogen-bond donors (Lipinski definition) is 2. The largest absolute Gasteiger partial charge is 0.494 e. The average Bonchev–Trinajstić information content (AvgIpc) is 2.77. The molecule has 172 valence electrons. The van der Waals surface area contributed by atoms with Gasteiger partial charge in [0.15, 0.2) is 0 Å². The van der Waals surface area contributed by atoms with Gasteiger partial charge >= 0.3 is 0 Å². The molecule has 0 aliphatic heterocycles. The van der Waals surface area contributed by atoms with Crippen molar-refractivity contribution in [1.29, 1.82) is 0 Å². The molecule has 0 saturated heterocycles. The third-order valence-electron chi connectivity index (χ3n) is 5.78. The standard InChI is InChI=1S/C26H45NO3/c1-2-3-4-5-6-7-8-9-10-11-12-13-14-15-16-17-22-30-25-20-18-24(19-21-25)26(23-28)27-29/h18-21,23,26-27,29H,2-17,22H2,1H3. The Morgan fingerprint density at radius 1 is 0.767 bits per heavy atom. The van der Waals surface area contributed by atoms with Gasteiger partial charge in [-0.25, -0.2) is 0 Å². The molecule has 2 N–H and O–H groups in total. The fourth-order valence-electron chi connectivity index (χ4n) is 3.80. The van der Waals surface area contributed by atoms with E-state index in [1.165, 1.54) is 96.3 Å². The van der Waals surface area contributed by atoms with Crippen LogP contribution in [0, 0.1) is 0 Å². The van der Waals surface area contributed by atoms with Crippen LogP contribution in [0.5, 0.6) is 5.75 Å². The number of carbonyl (C=O) groups is 1. The summed E-state index contributed by atoms with van der Waals surface area (Å²) in [5.41, 5.74) is 2.71. The summed E-state index contributed by atoms with van der Waals surface area (Å²) in [5, 5.41) is 8.90. The number of rotatable bonds is 21. The van der Waals surface area contributed by atoms with Crippen LogP contribution in [0.2, 0.25) is 0 Å². The second kappa shape index (κ2) is 19.6. The van der Waals surface area contributed by atoms with E-state index < -0.39 is 6.04 Å². The lowest BCUT2D eigenvalue weighted by molar-refractivity contribution is -0.111. The van der Waals surface area contributed by atoms with E-state index in [1.54, 1.807) is 12.1 Å². The highest BCUT2D eigenvalue weighted by Gasteiger charge is 2.08. The van der Waals surface area contributed by atoms with Crippen LogP contribution in [0.4, 0.5) is 0 Å². The first kappa shape index (κ1) is 26.6. The minimum absolute atomic E-state index is 0.673. The highest BCUT2D eigenvalue weighted by Crippen LogP contribution is 2.17. The molecule has 4 nitrogen and oxygen atoms in total. The number of nitrogens with one attached hydrogen (secondary N) is 1. The number of ether oxygens (including phenoxy) is 1. The fraction of sp³-hybridized carbons (Fsp3) is 0.731. The molecule has 0 fully saturated rings. The van der Waals surface area contributed by atoms with Crippen molar-refractivity contribution in [1.82, 2.24) is 5.48 Å². The second-order valence-electron chi connectivity index (χ2n) is 8.46. The molecule has 0 bridgehead atoms. The molecular formula is C26H45NO3. The summed E-state index contributed by atoms with van der Waals surface area (Å²) in [6, 6.07) is 6.60. The molecule has 4 heteroatoms. The number of hydroxylamine groups is 1. The molecule has 0 amide bonds. The Morgan fingerprint density at radius 2 is 1.20 bits per heavy atom. The fourth-order valence-corrected chi connectivity index (χ4v) is 3.80. The quantitative estimate of drug-likeness (QED) is 0.123. The number of carbonyl (C=O) groups excluding carboxylic acids is 1. The van der Waals surface area contributed by atoms with Gasteiger partial charge in [-0.15, -0.1) is 0 Å². The van der Waals surface area contributed by atoms with E-state index in [0.717, 1.165) is 24.3 Å². The van der Waals surface area contributed by atoms with Crippen molar-refractivity contribution in [2.24, 2.45) is 0 Å². The van der Waals surface area contributed by atoms with Crippen molar-refractivity contribution in [2.45, 2.75) is 116 Å². The molecule has 0 spiro atoms. The maximum atomic E-state index is 10.8. The first-order valence-corrected chi connectivity index (χ1v) is 12.4. The normalized spacial score (nSPS) is 12.1.